The molecule has 0 unspecified atom stereocenters. The molecule has 0 aromatic heterocycles. The summed E-state index contributed by atoms with van der Waals surface area (Å²) in [6.45, 7) is 9.63. The first-order valence-electron chi connectivity index (χ1n) is 6.68. The summed E-state index contributed by atoms with van der Waals surface area (Å²) in [5.41, 5.74) is -0.304. The largest absolute Gasteiger partial charge is 0.469 e. The first-order valence-corrected chi connectivity index (χ1v) is 6.68. The van der Waals surface area contributed by atoms with Crippen LogP contribution in [0, 0.1) is 5.41 Å². The van der Waals surface area contributed by atoms with Gasteiger partial charge in [-0.3, -0.25) is 4.79 Å². The number of nitrogens with one attached hydrogen (secondary N) is 1. The van der Waals surface area contributed by atoms with Gasteiger partial charge in [-0.15, -0.1) is 6.58 Å². The van der Waals surface area contributed by atoms with E-state index in [1.165, 1.54) is 7.11 Å². The highest BCUT2D eigenvalue weighted by Crippen LogP contribution is 2.34. The summed E-state index contributed by atoms with van der Waals surface area (Å²) in [5, 5.41) is 3.23. The van der Waals surface area contributed by atoms with Gasteiger partial charge in [0.05, 0.1) is 12.5 Å². The smallest absolute Gasteiger partial charge is 0.312 e. The number of hydrogen-bond acceptors (Lipinski definition) is 3. The van der Waals surface area contributed by atoms with Gasteiger partial charge < -0.3 is 10.1 Å². The minimum absolute atomic E-state index is 0.0890. The van der Waals surface area contributed by atoms with Gasteiger partial charge in [0.2, 0.25) is 0 Å². The second-order valence-electron chi connectivity index (χ2n) is 4.49. The van der Waals surface area contributed by atoms with Crippen molar-refractivity contribution in [2.24, 2.45) is 5.41 Å². The van der Waals surface area contributed by atoms with E-state index >= 15 is 0 Å². The zero-order valence-electron chi connectivity index (χ0n) is 12.0. The first kappa shape index (κ1) is 16.9. The fourth-order valence-electron chi connectivity index (χ4n) is 2.13. The molecular formula is C15H27NO2. The molecule has 3 nitrogen and oxygen atoms in total. The van der Waals surface area contributed by atoms with Gasteiger partial charge in [-0.25, -0.2) is 0 Å². The van der Waals surface area contributed by atoms with E-state index < -0.39 is 0 Å². The molecule has 0 atom stereocenters. The number of carbonyl (C=O) groups is 1. The van der Waals surface area contributed by atoms with Crippen molar-refractivity contribution in [1.82, 2.24) is 5.32 Å². The van der Waals surface area contributed by atoms with Crippen molar-refractivity contribution >= 4 is 5.97 Å². The molecule has 3 heteroatoms. The molecule has 18 heavy (non-hydrogen) atoms. The minimum atomic E-state index is -0.304. The zero-order valence-corrected chi connectivity index (χ0v) is 12.0. The fraction of sp³-hybridized carbons (Fsp3) is 0.667. The van der Waals surface area contributed by atoms with Gasteiger partial charge in [-0.05, 0) is 45.7 Å². The van der Waals surface area contributed by atoms with Crippen LogP contribution in [-0.4, -0.2) is 26.2 Å². The van der Waals surface area contributed by atoms with E-state index in [2.05, 4.69) is 31.0 Å². The molecule has 0 bridgehead atoms. The number of hydrogen-bond donors (Lipinski definition) is 1. The normalized spacial score (nSPS) is 17.7. The third-order valence-electron chi connectivity index (χ3n) is 3.19. The molecule has 0 radical (unpaired) electrons. The molecule has 0 amide bonds. The van der Waals surface area contributed by atoms with Gasteiger partial charge in [0.15, 0.2) is 0 Å². The number of ether oxygens (including phenoxy) is 1. The van der Waals surface area contributed by atoms with Crippen molar-refractivity contribution in [3.8, 4) is 0 Å². The maximum absolute atomic E-state index is 11.6. The van der Waals surface area contributed by atoms with Gasteiger partial charge in [-0.2, -0.15) is 0 Å². The lowest BCUT2D eigenvalue weighted by atomic mass is 9.76. The number of methoxy groups -OCH3 is 1. The quantitative estimate of drug-likeness (QED) is 0.618. The lowest BCUT2D eigenvalue weighted by molar-refractivity contribution is -0.154. The lowest BCUT2D eigenvalue weighted by Gasteiger charge is -2.33. The van der Waals surface area contributed by atoms with Crippen LogP contribution in [0.15, 0.2) is 24.8 Å². The van der Waals surface area contributed by atoms with Crippen molar-refractivity contribution in [2.75, 3.05) is 20.2 Å². The third kappa shape index (κ3) is 5.50. The molecule has 1 fully saturated rings. The van der Waals surface area contributed by atoms with Gasteiger partial charge in [0.1, 0.15) is 0 Å². The summed E-state index contributed by atoms with van der Waals surface area (Å²) in [5.74, 6) is -0.0890. The second-order valence-corrected chi connectivity index (χ2v) is 4.49. The molecule has 0 aromatic carbocycles. The number of esters is 1. The molecule has 1 heterocycles. The Kier molecular flexibility index (Phi) is 9.29. The Morgan fingerprint density at radius 2 is 2.06 bits per heavy atom. The highest BCUT2D eigenvalue weighted by molar-refractivity contribution is 5.77. The summed E-state index contributed by atoms with van der Waals surface area (Å²) in [4.78, 5) is 11.6. The molecule has 1 N–H and O–H groups in total. The first-order chi connectivity index (χ1) is 8.66. The predicted molar refractivity (Wildman–Crippen MR) is 76.5 cm³/mol. The van der Waals surface area contributed by atoms with E-state index in [0.29, 0.717) is 0 Å². The van der Waals surface area contributed by atoms with Crippen LogP contribution < -0.4 is 5.32 Å². The van der Waals surface area contributed by atoms with Gasteiger partial charge in [0, 0.05) is 0 Å². The maximum atomic E-state index is 11.6. The molecular weight excluding hydrogens is 226 g/mol. The molecule has 0 aromatic rings. The average Bonchev–Trinajstić information content (AvgIpc) is 2.41. The van der Waals surface area contributed by atoms with E-state index in [1.54, 1.807) is 0 Å². The van der Waals surface area contributed by atoms with Crippen molar-refractivity contribution in [2.45, 2.75) is 39.5 Å². The monoisotopic (exact) mass is 253 g/mol. The Bertz CT molecular complexity index is 266. The van der Waals surface area contributed by atoms with Crippen molar-refractivity contribution in [3.05, 3.63) is 24.8 Å². The van der Waals surface area contributed by atoms with E-state index in [0.717, 1.165) is 38.8 Å². The Morgan fingerprint density at radius 1 is 1.44 bits per heavy atom. The minimum Gasteiger partial charge on any atom is -0.469 e. The lowest BCUT2D eigenvalue weighted by Crippen LogP contribution is -2.42. The molecule has 104 valence electrons. The number of rotatable bonds is 4. The van der Waals surface area contributed by atoms with Crippen LogP contribution >= 0.6 is 0 Å². The summed E-state index contributed by atoms with van der Waals surface area (Å²) < 4.78 is 4.83. The Morgan fingerprint density at radius 3 is 2.39 bits per heavy atom. The molecule has 1 aliphatic heterocycles. The van der Waals surface area contributed by atoms with Crippen LogP contribution in [0.4, 0.5) is 0 Å². The Balaban J connectivity index is 0.000000494. The molecule has 0 saturated carbocycles. The van der Waals surface area contributed by atoms with Crippen LogP contribution in [-0.2, 0) is 9.53 Å². The fourth-order valence-corrected chi connectivity index (χ4v) is 2.13. The zero-order chi connectivity index (χ0) is 13.9. The number of piperidine rings is 1. The number of carbonyl (C=O) groups excluding carboxylic acids is 1. The topological polar surface area (TPSA) is 38.3 Å². The van der Waals surface area contributed by atoms with Crippen LogP contribution in [0.5, 0.6) is 0 Å². The van der Waals surface area contributed by atoms with Gasteiger partial charge >= 0.3 is 5.97 Å². The third-order valence-corrected chi connectivity index (χ3v) is 3.19. The second kappa shape index (κ2) is 9.89. The van der Waals surface area contributed by atoms with E-state index in [4.69, 9.17) is 4.74 Å². The Hall–Kier alpha value is -1.09. The van der Waals surface area contributed by atoms with Crippen molar-refractivity contribution in [1.29, 1.82) is 0 Å². The van der Waals surface area contributed by atoms with Crippen LogP contribution in [0.3, 0.4) is 0 Å². The molecule has 1 rings (SSSR count). The summed E-state index contributed by atoms with van der Waals surface area (Å²) in [7, 11) is 1.45. The maximum Gasteiger partial charge on any atom is 0.312 e. The van der Waals surface area contributed by atoms with Crippen molar-refractivity contribution in [3.63, 3.8) is 0 Å². The SMILES string of the molecule is C/C=C\CC.C=CCC1(C(=O)OC)CCNCC1. The van der Waals surface area contributed by atoms with E-state index in [-0.39, 0.29) is 11.4 Å². The van der Waals surface area contributed by atoms with Crippen LogP contribution in [0.2, 0.25) is 0 Å². The van der Waals surface area contributed by atoms with Gasteiger partial charge in [-0.1, -0.05) is 25.2 Å². The highest BCUT2D eigenvalue weighted by atomic mass is 16.5. The summed E-state index contributed by atoms with van der Waals surface area (Å²) >= 11 is 0. The Labute approximate surface area is 111 Å². The molecule has 0 spiro atoms. The predicted octanol–water partition coefficient (Wildman–Crippen LogP) is 3.08. The van der Waals surface area contributed by atoms with E-state index in [9.17, 15) is 4.79 Å². The molecule has 1 aliphatic rings. The highest BCUT2D eigenvalue weighted by Gasteiger charge is 2.39. The standard InChI is InChI=1S/C10H17NO2.C5H10/c1-3-4-10(9(12)13-2)5-7-11-8-6-10;1-3-5-4-2/h3,11H,1,4-8H2,2H3;3,5H,4H2,1-2H3/b;5-3-. The van der Waals surface area contributed by atoms with Crippen LogP contribution in [0.25, 0.3) is 0 Å². The molecule has 1 saturated heterocycles. The average molecular weight is 253 g/mol. The van der Waals surface area contributed by atoms with E-state index in [1.807, 2.05) is 13.0 Å². The summed E-state index contributed by atoms with van der Waals surface area (Å²) in [6.07, 6.45) is 9.58. The van der Waals surface area contributed by atoms with Gasteiger partial charge in [0.25, 0.3) is 0 Å². The molecule has 0 aliphatic carbocycles. The summed E-state index contributed by atoms with van der Waals surface area (Å²) in [6, 6.07) is 0. The van der Waals surface area contributed by atoms with Crippen molar-refractivity contribution < 1.29 is 9.53 Å². The van der Waals surface area contributed by atoms with Crippen LogP contribution in [0.1, 0.15) is 39.5 Å². The number of allylic oxidation sites excluding steroid dienone is 3.